The molecule has 1 rings (SSSR count). The second-order valence-corrected chi connectivity index (χ2v) is 5.48. The molecule has 5 heteroatoms. The zero-order valence-corrected chi connectivity index (χ0v) is 12.8. The van der Waals surface area contributed by atoms with E-state index >= 15 is 0 Å². The van der Waals surface area contributed by atoms with Crippen LogP contribution < -0.4 is 11.1 Å². The quantitative estimate of drug-likeness (QED) is 0.848. The molecular weight excluding hydrogens is 283 g/mol. The molecule has 0 aliphatic carbocycles. The molecular formula is C14H20Cl2N2O. The van der Waals surface area contributed by atoms with E-state index in [1.807, 2.05) is 13.8 Å². The van der Waals surface area contributed by atoms with Gasteiger partial charge in [-0.2, -0.15) is 0 Å². The summed E-state index contributed by atoms with van der Waals surface area (Å²) in [6.45, 7) is 4.48. The highest BCUT2D eigenvalue weighted by atomic mass is 35.5. The first-order valence-electron chi connectivity index (χ1n) is 6.41. The molecule has 3 nitrogen and oxygen atoms in total. The molecule has 19 heavy (non-hydrogen) atoms. The van der Waals surface area contributed by atoms with Gasteiger partial charge in [-0.05, 0) is 30.5 Å². The Morgan fingerprint density at radius 1 is 1.26 bits per heavy atom. The lowest BCUT2D eigenvalue weighted by molar-refractivity contribution is -0.122. The van der Waals surface area contributed by atoms with Crippen molar-refractivity contribution < 1.29 is 4.79 Å². The van der Waals surface area contributed by atoms with Crippen molar-refractivity contribution in [3.8, 4) is 0 Å². The summed E-state index contributed by atoms with van der Waals surface area (Å²) in [7, 11) is 0. The molecule has 0 radical (unpaired) electrons. The predicted octanol–water partition coefficient (Wildman–Crippen LogP) is 3.17. The summed E-state index contributed by atoms with van der Waals surface area (Å²) in [5, 5.41) is 3.97. The summed E-state index contributed by atoms with van der Waals surface area (Å²) in [5.74, 6) is -0.0486. The van der Waals surface area contributed by atoms with Crippen LogP contribution in [0.2, 0.25) is 10.0 Å². The van der Waals surface area contributed by atoms with E-state index in [1.165, 1.54) is 0 Å². The van der Waals surface area contributed by atoms with Crippen molar-refractivity contribution in [2.24, 2.45) is 5.73 Å². The van der Waals surface area contributed by atoms with Crippen molar-refractivity contribution in [3.63, 3.8) is 0 Å². The van der Waals surface area contributed by atoms with Gasteiger partial charge < -0.3 is 11.1 Å². The third-order valence-corrected chi connectivity index (χ3v) is 4.24. The van der Waals surface area contributed by atoms with Crippen LogP contribution in [-0.4, -0.2) is 18.0 Å². The molecule has 0 aliphatic heterocycles. The molecule has 0 unspecified atom stereocenters. The maximum absolute atomic E-state index is 12.1. The summed E-state index contributed by atoms with van der Waals surface area (Å²) in [6, 6.07) is 5.21. The van der Waals surface area contributed by atoms with Crippen LogP contribution in [0.25, 0.3) is 0 Å². The van der Waals surface area contributed by atoms with Crippen molar-refractivity contribution >= 4 is 29.1 Å². The molecule has 0 bridgehead atoms. The van der Waals surface area contributed by atoms with Crippen molar-refractivity contribution in [2.75, 3.05) is 6.54 Å². The van der Waals surface area contributed by atoms with Gasteiger partial charge in [-0.25, -0.2) is 0 Å². The number of carbonyl (C=O) groups is 1. The fraction of sp³-hybridized carbons (Fsp3) is 0.500. The zero-order valence-electron chi connectivity index (χ0n) is 11.3. The van der Waals surface area contributed by atoms with E-state index in [-0.39, 0.29) is 17.9 Å². The van der Waals surface area contributed by atoms with Crippen LogP contribution in [-0.2, 0) is 11.2 Å². The Labute approximate surface area is 124 Å². The standard InChI is InChI=1S/C14H20Cl2N2O/c1-3-14(4-2,9-17)18-13(19)8-10-5-6-11(15)12(16)7-10/h5-7H,3-4,8-9,17H2,1-2H3,(H,18,19). The van der Waals surface area contributed by atoms with Crippen molar-refractivity contribution in [1.82, 2.24) is 5.32 Å². The van der Waals surface area contributed by atoms with Gasteiger partial charge in [0.1, 0.15) is 0 Å². The number of nitrogens with two attached hydrogens (primary N) is 1. The average molecular weight is 303 g/mol. The summed E-state index contributed by atoms with van der Waals surface area (Å²) in [5.41, 5.74) is 6.29. The first-order chi connectivity index (χ1) is 8.96. The van der Waals surface area contributed by atoms with Gasteiger partial charge in [-0.15, -0.1) is 0 Å². The number of benzene rings is 1. The van der Waals surface area contributed by atoms with Crippen molar-refractivity contribution in [3.05, 3.63) is 33.8 Å². The Kier molecular flexibility index (Phi) is 6.11. The summed E-state index contributed by atoms with van der Waals surface area (Å²) in [4.78, 5) is 12.1. The third kappa shape index (κ3) is 4.37. The smallest absolute Gasteiger partial charge is 0.224 e. The van der Waals surface area contributed by atoms with Gasteiger partial charge in [0.05, 0.1) is 22.0 Å². The Morgan fingerprint density at radius 2 is 1.89 bits per heavy atom. The Morgan fingerprint density at radius 3 is 2.37 bits per heavy atom. The lowest BCUT2D eigenvalue weighted by Gasteiger charge is -2.31. The largest absolute Gasteiger partial charge is 0.349 e. The first kappa shape index (κ1) is 16.3. The van der Waals surface area contributed by atoms with E-state index in [0.29, 0.717) is 16.6 Å². The van der Waals surface area contributed by atoms with Crippen LogP contribution >= 0.6 is 23.2 Å². The SMILES string of the molecule is CCC(CC)(CN)NC(=O)Cc1ccc(Cl)c(Cl)c1. The molecule has 1 amide bonds. The van der Waals surface area contributed by atoms with Crippen molar-refractivity contribution in [2.45, 2.75) is 38.6 Å². The number of hydrogen-bond acceptors (Lipinski definition) is 2. The molecule has 0 atom stereocenters. The summed E-state index contributed by atoms with van der Waals surface area (Å²) < 4.78 is 0. The molecule has 0 aromatic heterocycles. The van der Waals surface area contributed by atoms with Crippen LogP contribution in [0.3, 0.4) is 0 Å². The van der Waals surface area contributed by atoms with Crippen molar-refractivity contribution in [1.29, 1.82) is 0 Å². The molecule has 0 saturated carbocycles. The fourth-order valence-electron chi connectivity index (χ4n) is 1.94. The number of nitrogens with one attached hydrogen (secondary N) is 1. The minimum absolute atomic E-state index is 0.0486. The minimum atomic E-state index is -0.312. The normalized spacial score (nSPS) is 11.4. The second kappa shape index (κ2) is 7.13. The molecule has 0 saturated heterocycles. The molecule has 0 spiro atoms. The van der Waals surface area contributed by atoms with Crippen LogP contribution in [0.5, 0.6) is 0 Å². The number of hydrogen-bond donors (Lipinski definition) is 2. The van der Waals surface area contributed by atoms with Gasteiger partial charge in [-0.1, -0.05) is 43.1 Å². The molecule has 0 fully saturated rings. The van der Waals surface area contributed by atoms with Gasteiger partial charge >= 0.3 is 0 Å². The van der Waals surface area contributed by atoms with Gasteiger partial charge in [0.25, 0.3) is 0 Å². The lowest BCUT2D eigenvalue weighted by atomic mass is 9.92. The first-order valence-corrected chi connectivity index (χ1v) is 7.17. The van der Waals surface area contributed by atoms with Crippen LogP contribution in [0.1, 0.15) is 32.3 Å². The fourth-order valence-corrected chi connectivity index (χ4v) is 2.26. The number of carbonyl (C=O) groups excluding carboxylic acids is 1. The Bertz CT molecular complexity index is 437. The van der Waals surface area contributed by atoms with Gasteiger partial charge in [0.2, 0.25) is 5.91 Å². The molecule has 3 N–H and O–H groups in total. The molecule has 0 heterocycles. The lowest BCUT2D eigenvalue weighted by Crippen LogP contribution is -2.53. The zero-order chi connectivity index (χ0) is 14.5. The third-order valence-electron chi connectivity index (χ3n) is 3.50. The Balaban J connectivity index is 2.71. The highest BCUT2D eigenvalue weighted by Crippen LogP contribution is 2.23. The minimum Gasteiger partial charge on any atom is -0.349 e. The average Bonchev–Trinajstić information content (AvgIpc) is 2.40. The maximum Gasteiger partial charge on any atom is 0.224 e. The van der Waals surface area contributed by atoms with Gasteiger partial charge in [0, 0.05) is 6.54 Å². The topological polar surface area (TPSA) is 55.1 Å². The number of rotatable bonds is 6. The van der Waals surface area contributed by atoms with E-state index in [2.05, 4.69) is 5.32 Å². The number of amides is 1. The molecule has 0 aliphatic rings. The van der Waals surface area contributed by atoms with E-state index < -0.39 is 0 Å². The van der Waals surface area contributed by atoms with E-state index in [1.54, 1.807) is 18.2 Å². The summed E-state index contributed by atoms with van der Waals surface area (Å²) in [6.07, 6.45) is 1.90. The van der Waals surface area contributed by atoms with Gasteiger partial charge in [-0.3, -0.25) is 4.79 Å². The monoisotopic (exact) mass is 302 g/mol. The molecule has 1 aromatic rings. The predicted molar refractivity (Wildman–Crippen MR) is 80.7 cm³/mol. The van der Waals surface area contributed by atoms with Gasteiger partial charge in [0.15, 0.2) is 0 Å². The maximum atomic E-state index is 12.1. The molecule has 106 valence electrons. The summed E-state index contributed by atoms with van der Waals surface area (Å²) >= 11 is 11.8. The van der Waals surface area contributed by atoms with E-state index in [9.17, 15) is 4.79 Å². The highest BCUT2D eigenvalue weighted by molar-refractivity contribution is 6.42. The highest BCUT2D eigenvalue weighted by Gasteiger charge is 2.26. The van der Waals surface area contributed by atoms with Crippen LogP contribution in [0.15, 0.2) is 18.2 Å². The molecule has 1 aromatic carbocycles. The van der Waals surface area contributed by atoms with E-state index in [4.69, 9.17) is 28.9 Å². The van der Waals surface area contributed by atoms with E-state index in [0.717, 1.165) is 18.4 Å². The second-order valence-electron chi connectivity index (χ2n) is 4.66. The van der Waals surface area contributed by atoms with Crippen LogP contribution in [0.4, 0.5) is 0 Å². The number of halogens is 2. The van der Waals surface area contributed by atoms with Crippen LogP contribution in [0, 0.1) is 0 Å². The Hall–Kier alpha value is -0.770.